The predicted octanol–water partition coefficient (Wildman–Crippen LogP) is 0.548. The molecule has 8 nitrogen and oxygen atoms in total. The molecule has 0 fully saturated rings. The molecule has 0 radical (unpaired) electrons. The van der Waals surface area contributed by atoms with Crippen molar-refractivity contribution in [3.8, 4) is 0 Å². The van der Waals surface area contributed by atoms with Crippen molar-refractivity contribution in [3.05, 3.63) is 28.8 Å². The molecule has 0 amide bonds. The zero-order valence-electron chi connectivity index (χ0n) is 11.0. The van der Waals surface area contributed by atoms with E-state index in [1.54, 1.807) is 4.57 Å². The summed E-state index contributed by atoms with van der Waals surface area (Å²) in [5.41, 5.74) is 5.77. The molecule has 2 heterocycles. The third-order valence-corrected chi connectivity index (χ3v) is 3.76. The van der Waals surface area contributed by atoms with Gasteiger partial charge in [-0.3, -0.25) is 14.3 Å². The van der Waals surface area contributed by atoms with E-state index in [9.17, 15) is 9.36 Å². The summed E-state index contributed by atoms with van der Waals surface area (Å²) in [6, 6.07) is 0. The number of H-pyrrole nitrogens is 1. The van der Waals surface area contributed by atoms with Gasteiger partial charge in [0.1, 0.15) is 0 Å². The molecule has 2 aromatic rings. The van der Waals surface area contributed by atoms with E-state index in [0.717, 1.165) is 0 Å². The number of nitrogen functional groups attached to an aromatic ring is 1. The van der Waals surface area contributed by atoms with Crippen LogP contribution in [0.2, 0.25) is 0 Å². The molecule has 0 saturated heterocycles. The lowest BCUT2D eigenvalue weighted by atomic mass is 10.4. The molecule has 0 spiro atoms. The average Bonchev–Trinajstić information content (AvgIpc) is 2.70. The lowest BCUT2D eigenvalue weighted by Gasteiger charge is -2.01. The van der Waals surface area contributed by atoms with Crippen LogP contribution in [0.4, 0.5) is 5.95 Å². The normalized spacial score (nSPS) is 14.9. The molecule has 2 aromatic heterocycles. The SMILES string of the molecule is CP(=O)(O)CC/C=C\Cn1cnc2c(=O)[nH]c(N)nc21. The van der Waals surface area contributed by atoms with Crippen LogP contribution in [0.25, 0.3) is 11.2 Å². The van der Waals surface area contributed by atoms with E-state index >= 15 is 0 Å². The Bertz CT molecular complexity index is 742. The number of nitrogens with two attached hydrogens (primary N) is 1. The number of aromatic amines is 1. The highest BCUT2D eigenvalue weighted by Crippen LogP contribution is 2.35. The molecule has 9 heteroatoms. The Hall–Kier alpha value is -1.92. The van der Waals surface area contributed by atoms with Crippen LogP contribution in [-0.4, -0.2) is 37.2 Å². The lowest BCUT2D eigenvalue weighted by molar-refractivity contribution is 0.485. The number of hydrogen-bond donors (Lipinski definition) is 3. The van der Waals surface area contributed by atoms with Crippen LogP contribution >= 0.6 is 7.37 Å². The fraction of sp³-hybridized carbons (Fsp3) is 0.364. The summed E-state index contributed by atoms with van der Waals surface area (Å²) in [4.78, 5) is 31.1. The average molecular weight is 297 g/mol. The highest BCUT2D eigenvalue weighted by molar-refractivity contribution is 7.57. The maximum Gasteiger partial charge on any atom is 0.280 e. The van der Waals surface area contributed by atoms with Gasteiger partial charge in [0.2, 0.25) is 5.95 Å². The zero-order chi connectivity index (χ0) is 14.8. The van der Waals surface area contributed by atoms with Gasteiger partial charge in [-0.05, 0) is 6.42 Å². The van der Waals surface area contributed by atoms with Crippen LogP contribution in [0.3, 0.4) is 0 Å². The standard InChI is InChI=1S/C11H16N5O3P/c1-20(18,19)6-4-2-3-5-16-7-13-8-9(16)14-11(12)15-10(8)17/h2-3,7H,4-6H2,1H3,(H,18,19)(H3,12,14,15,17)/b3-2-. The van der Waals surface area contributed by atoms with E-state index in [2.05, 4.69) is 15.0 Å². The minimum atomic E-state index is -2.96. The first-order valence-corrected chi connectivity index (χ1v) is 8.31. The van der Waals surface area contributed by atoms with Gasteiger partial charge in [0.15, 0.2) is 18.5 Å². The van der Waals surface area contributed by atoms with Gasteiger partial charge in [0, 0.05) is 19.4 Å². The second-order valence-corrected chi connectivity index (χ2v) is 7.10. The first kappa shape index (κ1) is 14.5. The van der Waals surface area contributed by atoms with Crippen LogP contribution in [0.5, 0.6) is 0 Å². The lowest BCUT2D eigenvalue weighted by Crippen LogP contribution is -2.12. The summed E-state index contributed by atoms with van der Waals surface area (Å²) < 4.78 is 12.8. The monoisotopic (exact) mass is 297 g/mol. The minimum absolute atomic E-state index is 0.0421. The number of aromatic nitrogens is 4. The Morgan fingerprint density at radius 2 is 2.30 bits per heavy atom. The Balaban J connectivity index is 2.09. The molecule has 20 heavy (non-hydrogen) atoms. The molecule has 4 N–H and O–H groups in total. The van der Waals surface area contributed by atoms with Crippen LogP contribution in [0.15, 0.2) is 23.3 Å². The Labute approximate surface area is 114 Å². The quantitative estimate of drug-likeness (QED) is 0.546. The second kappa shape index (κ2) is 5.60. The summed E-state index contributed by atoms with van der Waals surface area (Å²) in [6.07, 6.45) is 5.92. The Morgan fingerprint density at radius 1 is 1.55 bits per heavy atom. The molecular weight excluding hydrogens is 281 g/mol. The van der Waals surface area contributed by atoms with Crippen molar-refractivity contribution in [2.24, 2.45) is 0 Å². The number of nitrogens with zero attached hydrogens (tertiary/aromatic N) is 3. The first-order chi connectivity index (χ1) is 9.37. The fourth-order valence-electron chi connectivity index (χ4n) is 1.72. The molecule has 1 unspecified atom stereocenters. The number of imidazole rings is 1. The molecule has 1 atom stereocenters. The van der Waals surface area contributed by atoms with Crippen molar-refractivity contribution >= 4 is 24.5 Å². The van der Waals surface area contributed by atoms with Crippen LogP contribution < -0.4 is 11.3 Å². The minimum Gasteiger partial charge on any atom is -0.369 e. The summed E-state index contributed by atoms with van der Waals surface area (Å²) in [5.74, 6) is 0.0421. The van der Waals surface area contributed by atoms with E-state index in [1.807, 2.05) is 12.2 Å². The van der Waals surface area contributed by atoms with Gasteiger partial charge in [-0.2, -0.15) is 4.98 Å². The maximum absolute atomic E-state index is 11.6. The molecular formula is C11H16N5O3P. The van der Waals surface area contributed by atoms with Crippen LogP contribution in [-0.2, 0) is 11.1 Å². The predicted molar refractivity (Wildman–Crippen MR) is 76.9 cm³/mol. The number of nitrogens with one attached hydrogen (secondary N) is 1. The van der Waals surface area contributed by atoms with Crippen molar-refractivity contribution < 1.29 is 9.46 Å². The molecule has 2 rings (SSSR count). The maximum atomic E-state index is 11.6. The van der Waals surface area contributed by atoms with Gasteiger partial charge in [-0.1, -0.05) is 12.2 Å². The Morgan fingerprint density at radius 3 is 3.00 bits per heavy atom. The number of fused-ring (bicyclic) bond motifs is 1. The third kappa shape index (κ3) is 3.55. The molecule has 0 aliphatic heterocycles. The topological polar surface area (TPSA) is 127 Å². The highest BCUT2D eigenvalue weighted by atomic mass is 31.2. The summed E-state index contributed by atoms with van der Waals surface area (Å²) in [7, 11) is -2.96. The number of rotatable bonds is 5. The van der Waals surface area contributed by atoms with Crippen molar-refractivity contribution in [1.29, 1.82) is 0 Å². The van der Waals surface area contributed by atoms with E-state index in [4.69, 9.17) is 10.6 Å². The molecule has 0 saturated carbocycles. The van der Waals surface area contributed by atoms with Gasteiger partial charge in [-0.25, -0.2) is 4.98 Å². The first-order valence-electron chi connectivity index (χ1n) is 6.02. The second-order valence-electron chi connectivity index (χ2n) is 4.55. The molecule has 108 valence electrons. The van der Waals surface area contributed by atoms with Crippen molar-refractivity contribution in [2.45, 2.75) is 13.0 Å². The van der Waals surface area contributed by atoms with E-state index in [0.29, 0.717) is 18.6 Å². The number of allylic oxidation sites excluding steroid dienone is 2. The Kier molecular flexibility index (Phi) is 4.06. The zero-order valence-corrected chi connectivity index (χ0v) is 11.9. The van der Waals surface area contributed by atoms with E-state index < -0.39 is 7.37 Å². The van der Waals surface area contributed by atoms with E-state index in [-0.39, 0.29) is 23.2 Å². The van der Waals surface area contributed by atoms with Gasteiger partial charge in [0.25, 0.3) is 5.56 Å². The summed E-state index contributed by atoms with van der Waals surface area (Å²) in [6.45, 7) is 1.80. The van der Waals surface area contributed by atoms with Gasteiger partial charge >= 0.3 is 0 Å². The van der Waals surface area contributed by atoms with Gasteiger partial charge in [-0.15, -0.1) is 0 Å². The van der Waals surface area contributed by atoms with Crippen molar-refractivity contribution in [1.82, 2.24) is 19.5 Å². The van der Waals surface area contributed by atoms with Crippen molar-refractivity contribution in [3.63, 3.8) is 0 Å². The molecule has 0 aliphatic rings. The van der Waals surface area contributed by atoms with E-state index in [1.165, 1.54) is 13.0 Å². The molecule has 0 aliphatic carbocycles. The van der Waals surface area contributed by atoms with Gasteiger partial charge < -0.3 is 15.2 Å². The fourth-order valence-corrected chi connectivity index (χ4v) is 2.35. The number of anilines is 1. The molecule has 0 bridgehead atoms. The van der Waals surface area contributed by atoms with Gasteiger partial charge in [0.05, 0.1) is 6.33 Å². The smallest absolute Gasteiger partial charge is 0.280 e. The largest absolute Gasteiger partial charge is 0.369 e. The third-order valence-electron chi connectivity index (χ3n) is 2.67. The summed E-state index contributed by atoms with van der Waals surface area (Å²) >= 11 is 0. The van der Waals surface area contributed by atoms with Crippen LogP contribution in [0, 0.1) is 0 Å². The summed E-state index contributed by atoms with van der Waals surface area (Å²) in [5, 5.41) is 0. The van der Waals surface area contributed by atoms with Crippen LogP contribution in [0.1, 0.15) is 6.42 Å². The van der Waals surface area contributed by atoms with Crippen molar-refractivity contribution in [2.75, 3.05) is 18.6 Å². The highest BCUT2D eigenvalue weighted by Gasteiger charge is 2.08. The number of hydrogen-bond acceptors (Lipinski definition) is 5. The molecule has 0 aromatic carbocycles.